The van der Waals surface area contributed by atoms with Crippen LogP contribution in [0.5, 0.6) is 0 Å². The third-order valence-corrected chi connectivity index (χ3v) is 4.12. The van der Waals surface area contributed by atoms with Crippen molar-refractivity contribution in [2.24, 2.45) is 11.7 Å². The Morgan fingerprint density at radius 1 is 1.16 bits per heavy atom. The molecule has 1 heterocycles. The van der Waals surface area contributed by atoms with Crippen LogP contribution in [-0.4, -0.2) is 33.2 Å². The van der Waals surface area contributed by atoms with Gasteiger partial charge in [0.15, 0.2) is 0 Å². The molecule has 106 valence electrons. The van der Waals surface area contributed by atoms with Crippen LogP contribution in [0, 0.1) is 5.92 Å². The van der Waals surface area contributed by atoms with Gasteiger partial charge < -0.3 is 15.5 Å². The zero-order valence-corrected chi connectivity index (χ0v) is 12.3. The van der Waals surface area contributed by atoms with Crippen LogP contribution in [0.4, 0.5) is 11.4 Å². The zero-order chi connectivity index (χ0) is 13.7. The largest absolute Gasteiger partial charge is 0.371 e. The fraction of sp³-hybridized carbons (Fsp3) is 0.625. The first-order chi connectivity index (χ1) is 9.22. The van der Waals surface area contributed by atoms with E-state index in [9.17, 15) is 0 Å². The molecular weight excluding hydrogens is 234 g/mol. The first-order valence-corrected chi connectivity index (χ1v) is 7.47. The quantitative estimate of drug-likeness (QED) is 0.854. The lowest BCUT2D eigenvalue weighted by atomic mass is 10.0. The summed E-state index contributed by atoms with van der Waals surface area (Å²) in [4.78, 5) is 4.88. The molecule has 1 aromatic carbocycles. The Labute approximate surface area is 117 Å². The summed E-state index contributed by atoms with van der Waals surface area (Å²) >= 11 is 0. The Balaban J connectivity index is 1.90. The van der Waals surface area contributed by atoms with Crippen LogP contribution >= 0.6 is 0 Å². The van der Waals surface area contributed by atoms with Crippen molar-refractivity contribution in [3.05, 3.63) is 24.3 Å². The Morgan fingerprint density at radius 2 is 1.89 bits per heavy atom. The van der Waals surface area contributed by atoms with Gasteiger partial charge in [0.1, 0.15) is 0 Å². The van der Waals surface area contributed by atoms with Crippen LogP contribution in [0.3, 0.4) is 0 Å². The highest BCUT2D eigenvalue weighted by Crippen LogP contribution is 2.31. The zero-order valence-electron chi connectivity index (χ0n) is 12.3. The minimum Gasteiger partial charge on any atom is -0.371 e. The number of nitrogens with zero attached hydrogens (tertiary/aromatic N) is 2. The molecule has 0 saturated heterocycles. The van der Waals surface area contributed by atoms with Gasteiger partial charge in [0.05, 0.1) is 11.4 Å². The van der Waals surface area contributed by atoms with Crippen molar-refractivity contribution < 1.29 is 0 Å². The Kier molecular flexibility index (Phi) is 5.08. The summed E-state index contributed by atoms with van der Waals surface area (Å²) in [6.45, 7) is 6.55. The van der Waals surface area contributed by atoms with Crippen molar-refractivity contribution in [3.8, 4) is 0 Å². The molecule has 0 saturated carbocycles. The summed E-state index contributed by atoms with van der Waals surface area (Å²) in [6, 6.07) is 8.73. The number of anilines is 2. The molecule has 0 fully saturated rings. The minimum absolute atomic E-state index is 0.757. The molecule has 0 spiro atoms. The van der Waals surface area contributed by atoms with Gasteiger partial charge in [0.2, 0.25) is 0 Å². The van der Waals surface area contributed by atoms with Crippen molar-refractivity contribution in [2.75, 3.05) is 43.0 Å². The van der Waals surface area contributed by atoms with Crippen molar-refractivity contribution in [3.63, 3.8) is 0 Å². The second-order valence-corrected chi connectivity index (χ2v) is 5.72. The molecule has 0 bridgehead atoms. The van der Waals surface area contributed by atoms with Crippen molar-refractivity contribution in [2.45, 2.75) is 26.2 Å². The molecule has 3 nitrogen and oxygen atoms in total. The van der Waals surface area contributed by atoms with Crippen molar-refractivity contribution in [1.82, 2.24) is 0 Å². The molecule has 0 aromatic heterocycles. The normalized spacial score (nSPS) is 16.4. The topological polar surface area (TPSA) is 32.5 Å². The monoisotopic (exact) mass is 261 g/mol. The maximum atomic E-state index is 5.61. The molecule has 1 atom stereocenters. The SMILES string of the molecule is CC(CCN)CCCN1CCN(C)c2ccccc21. The van der Waals surface area contributed by atoms with Gasteiger partial charge in [0.25, 0.3) is 0 Å². The summed E-state index contributed by atoms with van der Waals surface area (Å²) < 4.78 is 0. The van der Waals surface area contributed by atoms with Gasteiger partial charge in [0, 0.05) is 26.7 Å². The molecular formula is C16H27N3. The number of hydrogen-bond donors (Lipinski definition) is 1. The predicted octanol–water partition coefficient (Wildman–Crippen LogP) is 2.71. The third-order valence-electron chi connectivity index (χ3n) is 4.12. The smallest absolute Gasteiger partial charge is 0.0604 e. The third kappa shape index (κ3) is 3.63. The number of likely N-dealkylation sites (N-methyl/N-ethyl adjacent to an activating group) is 1. The average Bonchev–Trinajstić information content (AvgIpc) is 2.42. The van der Waals surface area contributed by atoms with E-state index in [1.807, 2.05) is 0 Å². The highest BCUT2D eigenvalue weighted by molar-refractivity contribution is 5.72. The maximum Gasteiger partial charge on any atom is 0.0604 e. The Bertz CT molecular complexity index is 391. The van der Waals surface area contributed by atoms with Crippen LogP contribution in [0.1, 0.15) is 26.2 Å². The van der Waals surface area contributed by atoms with Gasteiger partial charge in [-0.05, 0) is 43.9 Å². The number of fused-ring (bicyclic) bond motifs is 1. The maximum absolute atomic E-state index is 5.61. The van der Waals surface area contributed by atoms with Crippen LogP contribution in [0.2, 0.25) is 0 Å². The second kappa shape index (κ2) is 6.80. The van der Waals surface area contributed by atoms with Crippen LogP contribution in [0.15, 0.2) is 24.3 Å². The van der Waals surface area contributed by atoms with Crippen molar-refractivity contribution in [1.29, 1.82) is 0 Å². The van der Waals surface area contributed by atoms with Crippen LogP contribution in [0.25, 0.3) is 0 Å². The van der Waals surface area contributed by atoms with Gasteiger partial charge in [-0.25, -0.2) is 0 Å². The van der Waals surface area contributed by atoms with E-state index in [1.165, 1.54) is 30.8 Å². The predicted molar refractivity (Wildman–Crippen MR) is 84.0 cm³/mol. The van der Waals surface area contributed by atoms with Gasteiger partial charge in [-0.15, -0.1) is 0 Å². The van der Waals surface area contributed by atoms with E-state index in [0.29, 0.717) is 0 Å². The van der Waals surface area contributed by atoms with Gasteiger partial charge >= 0.3 is 0 Å². The Morgan fingerprint density at radius 3 is 2.63 bits per heavy atom. The van der Waals surface area contributed by atoms with E-state index < -0.39 is 0 Å². The number of rotatable bonds is 6. The molecule has 1 aromatic rings. The molecule has 1 aliphatic rings. The van der Waals surface area contributed by atoms with Crippen LogP contribution < -0.4 is 15.5 Å². The number of benzene rings is 1. The van der Waals surface area contributed by atoms with Crippen molar-refractivity contribution >= 4 is 11.4 Å². The van der Waals surface area contributed by atoms with Gasteiger partial charge in [-0.1, -0.05) is 19.1 Å². The first-order valence-electron chi connectivity index (χ1n) is 7.47. The summed E-state index contributed by atoms with van der Waals surface area (Å²) in [6.07, 6.45) is 3.70. The summed E-state index contributed by atoms with van der Waals surface area (Å²) in [5.41, 5.74) is 8.36. The van der Waals surface area contributed by atoms with E-state index in [1.54, 1.807) is 0 Å². The summed E-state index contributed by atoms with van der Waals surface area (Å²) in [5.74, 6) is 0.757. The fourth-order valence-corrected chi connectivity index (χ4v) is 2.86. The van der Waals surface area contributed by atoms with Gasteiger partial charge in [-0.3, -0.25) is 0 Å². The van der Waals surface area contributed by atoms with E-state index in [2.05, 4.69) is 48.0 Å². The molecule has 2 N–H and O–H groups in total. The number of para-hydroxylation sites is 2. The van der Waals surface area contributed by atoms with E-state index in [0.717, 1.165) is 32.0 Å². The number of nitrogens with two attached hydrogens (primary N) is 1. The van der Waals surface area contributed by atoms with E-state index >= 15 is 0 Å². The molecule has 19 heavy (non-hydrogen) atoms. The molecule has 0 radical (unpaired) electrons. The first kappa shape index (κ1) is 14.2. The highest BCUT2D eigenvalue weighted by Gasteiger charge is 2.19. The van der Waals surface area contributed by atoms with E-state index in [-0.39, 0.29) is 0 Å². The molecule has 2 rings (SSSR count). The average molecular weight is 261 g/mol. The fourth-order valence-electron chi connectivity index (χ4n) is 2.86. The summed E-state index contributed by atoms with van der Waals surface area (Å²) in [7, 11) is 2.18. The van der Waals surface area contributed by atoms with E-state index in [4.69, 9.17) is 5.73 Å². The minimum atomic E-state index is 0.757. The molecule has 0 aliphatic carbocycles. The Hall–Kier alpha value is -1.22. The lowest BCUT2D eigenvalue weighted by Crippen LogP contribution is -2.39. The second-order valence-electron chi connectivity index (χ2n) is 5.72. The molecule has 3 heteroatoms. The van der Waals surface area contributed by atoms with Crippen LogP contribution in [-0.2, 0) is 0 Å². The lowest BCUT2D eigenvalue weighted by Gasteiger charge is -2.37. The van der Waals surface area contributed by atoms with Gasteiger partial charge in [-0.2, -0.15) is 0 Å². The standard InChI is InChI=1S/C16H27N3/c1-14(9-10-17)6-5-11-19-13-12-18(2)15-7-3-4-8-16(15)19/h3-4,7-8,14H,5-6,9-13,17H2,1-2H3. The summed E-state index contributed by atoms with van der Waals surface area (Å²) in [5, 5.41) is 0. The molecule has 0 amide bonds. The highest BCUT2D eigenvalue weighted by atomic mass is 15.2. The molecule has 1 unspecified atom stereocenters. The molecule has 1 aliphatic heterocycles. The lowest BCUT2D eigenvalue weighted by molar-refractivity contribution is 0.479. The number of hydrogen-bond acceptors (Lipinski definition) is 3.